The molecule has 4 rings (SSSR count). The van der Waals surface area contributed by atoms with Crippen LogP contribution in [0.25, 0.3) is 0 Å². The van der Waals surface area contributed by atoms with Crippen molar-refractivity contribution in [3.05, 3.63) is 29.8 Å². The number of likely N-dealkylation sites (tertiary alicyclic amines) is 2. The predicted octanol–water partition coefficient (Wildman–Crippen LogP) is 1.63. The van der Waals surface area contributed by atoms with E-state index >= 15 is 0 Å². The third-order valence-corrected chi connectivity index (χ3v) is 6.84. The molecule has 146 valence electrons. The fourth-order valence-electron chi connectivity index (χ4n) is 4.29. The van der Waals surface area contributed by atoms with E-state index in [0.717, 1.165) is 32.2 Å². The first-order chi connectivity index (χ1) is 13.0. The van der Waals surface area contributed by atoms with Gasteiger partial charge in [0.1, 0.15) is 10.9 Å². The van der Waals surface area contributed by atoms with Crippen molar-refractivity contribution in [2.24, 2.45) is 4.40 Å². The van der Waals surface area contributed by atoms with E-state index in [1.165, 1.54) is 0 Å². The molecule has 2 atom stereocenters. The zero-order valence-corrected chi connectivity index (χ0v) is 16.3. The Kier molecular flexibility index (Phi) is 4.94. The molecule has 0 saturated carbocycles. The van der Waals surface area contributed by atoms with Gasteiger partial charge in [0.2, 0.25) is 5.91 Å². The molecule has 0 aromatic heterocycles. The lowest BCUT2D eigenvalue weighted by molar-refractivity contribution is -0.138. The van der Waals surface area contributed by atoms with Crippen LogP contribution in [0.3, 0.4) is 0 Å². The molecule has 3 aliphatic rings. The van der Waals surface area contributed by atoms with Gasteiger partial charge >= 0.3 is 0 Å². The molecule has 1 amide bonds. The molecule has 0 bridgehead atoms. The molecule has 0 spiro atoms. The minimum absolute atomic E-state index is 0.0568. The second-order valence-electron chi connectivity index (χ2n) is 7.24. The van der Waals surface area contributed by atoms with Crippen LogP contribution in [0.4, 0.5) is 0 Å². The van der Waals surface area contributed by atoms with Crippen LogP contribution in [0.1, 0.15) is 38.2 Å². The fourth-order valence-corrected chi connectivity index (χ4v) is 5.51. The van der Waals surface area contributed by atoms with E-state index in [1.54, 1.807) is 24.3 Å². The number of hydrogen-bond donors (Lipinski definition) is 0. The van der Waals surface area contributed by atoms with Crippen molar-refractivity contribution in [2.75, 3.05) is 26.2 Å². The molecule has 1 aromatic rings. The van der Waals surface area contributed by atoms with Crippen LogP contribution in [-0.4, -0.2) is 68.3 Å². The summed E-state index contributed by atoms with van der Waals surface area (Å²) in [5, 5.41) is 0. The predicted molar refractivity (Wildman–Crippen MR) is 101 cm³/mol. The Morgan fingerprint density at radius 1 is 1.22 bits per heavy atom. The lowest BCUT2D eigenvalue weighted by Crippen LogP contribution is -2.51. The minimum Gasteiger partial charge on any atom is -0.377 e. The molecule has 2 saturated heterocycles. The molecule has 7 nitrogen and oxygen atoms in total. The van der Waals surface area contributed by atoms with Gasteiger partial charge in [0, 0.05) is 31.8 Å². The van der Waals surface area contributed by atoms with Crippen LogP contribution >= 0.6 is 0 Å². The highest BCUT2D eigenvalue weighted by Gasteiger charge is 2.41. The van der Waals surface area contributed by atoms with Crippen LogP contribution in [0.5, 0.6) is 0 Å². The highest BCUT2D eigenvalue weighted by molar-refractivity contribution is 7.90. The second-order valence-corrected chi connectivity index (χ2v) is 8.81. The summed E-state index contributed by atoms with van der Waals surface area (Å²) >= 11 is 0. The molecule has 2 fully saturated rings. The van der Waals surface area contributed by atoms with Crippen LogP contribution in [0.15, 0.2) is 33.6 Å². The Morgan fingerprint density at radius 3 is 2.81 bits per heavy atom. The smallest absolute Gasteiger partial charge is 0.285 e. The lowest BCUT2D eigenvalue weighted by atomic mass is 10.1. The van der Waals surface area contributed by atoms with Crippen molar-refractivity contribution >= 4 is 21.8 Å². The summed E-state index contributed by atoms with van der Waals surface area (Å²) in [4.78, 5) is 17.2. The fraction of sp³-hybridized carbons (Fsp3) is 0.579. The first-order valence-corrected chi connectivity index (χ1v) is 11.1. The zero-order chi connectivity index (χ0) is 19.0. The van der Waals surface area contributed by atoms with Crippen molar-refractivity contribution in [1.29, 1.82) is 0 Å². The Morgan fingerprint density at radius 2 is 2.00 bits per heavy atom. The van der Waals surface area contributed by atoms with Gasteiger partial charge in [-0.2, -0.15) is 8.42 Å². The molecule has 1 unspecified atom stereocenters. The molecule has 8 heteroatoms. The number of rotatable bonds is 3. The number of fused-ring (bicyclic) bond motifs is 1. The Labute approximate surface area is 160 Å². The molecular weight excluding hydrogens is 366 g/mol. The van der Waals surface area contributed by atoms with E-state index in [2.05, 4.69) is 4.40 Å². The number of amides is 1. The van der Waals surface area contributed by atoms with E-state index in [1.807, 2.05) is 16.7 Å². The van der Waals surface area contributed by atoms with Crippen molar-refractivity contribution in [3.63, 3.8) is 0 Å². The molecule has 1 aromatic carbocycles. The molecule has 3 aliphatic heterocycles. The number of sulfonamides is 1. The monoisotopic (exact) mass is 391 g/mol. The SMILES string of the molecule is CCOC1CCCN(C(=O)[C@@H]2CCCN2C2=NS(=O)(=O)c3ccccc32)C1. The van der Waals surface area contributed by atoms with Crippen molar-refractivity contribution in [1.82, 2.24) is 9.80 Å². The van der Waals surface area contributed by atoms with Crippen molar-refractivity contribution in [2.45, 2.75) is 49.6 Å². The molecule has 27 heavy (non-hydrogen) atoms. The van der Waals surface area contributed by atoms with Gasteiger partial charge < -0.3 is 14.5 Å². The number of benzene rings is 1. The Bertz CT molecular complexity index is 865. The van der Waals surface area contributed by atoms with Gasteiger partial charge in [-0.1, -0.05) is 12.1 Å². The second kappa shape index (κ2) is 7.24. The highest BCUT2D eigenvalue weighted by atomic mass is 32.2. The summed E-state index contributed by atoms with van der Waals surface area (Å²) in [5.41, 5.74) is 0.600. The number of carbonyl (C=O) groups is 1. The van der Waals surface area contributed by atoms with E-state index in [-0.39, 0.29) is 22.9 Å². The van der Waals surface area contributed by atoms with Crippen LogP contribution in [0, 0.1) is 0 Å². The third kappa shape index (κ3) is 3.36. The summed E-state index contributed by atoms with van der Waals surface area (Å²) in [7, 11) is -3.68. The topological polar surface area (TPSA) is 79.3 Å². The first kappa shape index (κ1) is 18.4. The number of hydrogen-bond acceptors (Lipinski definition) is 5. The summed E-state index contributed by atoms with van der Waals surface area (Å²) in [6.45, 7) is 4.59. The summed E-state index contributed by atoms with van der Waals surface area (Å²) < 4.78 is 34.5. The maximum absolute atomic E-state index is 13.2. The number of amidine groups is 1. The van der Waals surface area contributed by atoms with Crippen LogP contribution < -0.4 is 0 Å². The van der Waals surface area contributed by atoms with Gasteiger partial charge in [0.15, 0.2) is 5.84 Å². The molecule has 0 aliphatic carbocycles. The summed E-state index contributed by atoms with van der Waals surface area (Å²) in [6.07, 6.45) is 3.56. The summed E-state index contributed by atoms with van der Waals surface area (Å²) in [6, 6.07) is 6.49. The maximum Gasteiger partial charge on any atom is 0.285 e. The number of carbonyl (C=O) groups excluding carboxylic acids is 1. The van der Waals surface area contributed by atoms with Crippen molar-refractivity contribution in [3.8, 4) is 0 Å². The van der Waals surface area contributed by atoms with E-state index in [0.29, 0.717) is 31.1 Å². The van der Waals surface area contributed by atoms with Gasteiger partial charge in [0.25, 0.3) is 10.0 Å². The van der Waals surface area contributed by atoms with Crippen molar-refractivity contribution < 1.29 is 17.9 Å². The summed E-state index contributed by atoms with van der Waals surface area (Å²) in [5.74, 6) is 0.473. The van der Waals surface area contributed by atoms with E-state index in [4.69, 9.17) is 4.74 Å². The van der Waals surface area contributed by atoms with Crippen LogP contribution in [0.2, 0.25) is 0 Å². The van der Waals surface area contributed by atoms with E-state index < -0.39 is 10.0 Å². The standard InChI is InChI=1S/C19H25N3O4S/c1-2-26-14-7-5-11-21(13-14)19(23)16-9-6-12-22(16)18-15-8-3-4-10-17(15)27(24,25)20-18/h3-4,8,10,14,16H,2,5-7,9,11-13H2,1H3/t14?,16-/m0/s1. The van der Waals surface area contributed by atoms with Crippen LogP contribution in [-0.2, 0) is 19.6 Å². The van der Waals surface area contributed by atoms with Gasteiger partial charge in [-0.15, -0.1) is 4.40 Å². The molecule has 0 radical (unpaired) electrons. The first-order valence-electron chi connectivity index (χ1n) is 9.62. The molecule has 0 N–H and O–H groups in total. The maximum atomic E-state index is 13.2. The number of nitrogens with zero attached hydrogens (tertiary/aromatic N) is 3. The Hall–Kier alpha value is -1.93. The van der Waals surface area contributed by atoms with E-state index in [9.17, 15) is 13.2 Å². The van der Waals surface area contributed by atoms with Gasteiger partial charge in [0.05, 0.1) is 6.10 Å². The zero-order valence-electron chi connectivity index (χ0n) is 15.5. The molecule has 3 heterocycles. The normalized spacial score (nSPS) is 26.8. The van der Waals surface area contributed by atoms with Gasteiger partial charge in [-0.3, -0.25) is 4.79 Å². The van der Waals surface area contributed by atoms with Gasteiger partial charge in [-0.05, 0) is 44.7 Å². The average Bonchev–Trinajstić information content (AvgIpc) is 3.25. The largest absolute Gasteiger partial charge is 0.377 e. The third-order valence-electron chi connectivity index (χ3n) is 5.51. The number of ether oxygens (including phenoxy) is 1. The highest BCUT2D eigenvalue weighted by Crippen LogP contribution is 2.32. The van der Waals surface area contributed by atoms with Gasteiger partial charge in [-0.25, -0.2) is 0 Å². The lowest BCUT2D eigenvalue weighted by Gasteiger charge is -2.36. The number of piperidine rings is 1. The average molecular weight is 391 g/mol. The molecular formula is C19H25N3O4S. The Balaban J connectivity index is 1.57. The quantitative estimate of drug-likeness (QED) is 0.782. The minimum atomic E-state index is -3.68.